The van der Waals surface area contributed by atoms with Crippen LogP contribution in [0.25, 0.3) is 0 Å². The third-order valence-electron chi connectivity index (χ3n) is 3.57. The van der Waals surface area contributed by atoms with Crippen molar-refractivity contribution in [2.45, 2.75) is 31.6 Å². The van der Waals surface area contributed by atoms with Crippen LogP contribution in [0.15, 0.2) is 35.3 Å². The van der Waals surface area contributed by atoms with E-state index in [4.69, 9.17) is 5.73 Å². The summed E-state index contributed by atoms with van der Waals surface area (Å²) in [6.45, 7) is 1.62. The Morgan fingerprint density at radius 1 is 1.19 bits per heavy atom. The zero-order valence-electron chi connectivity index (χ0n) is 15.6. The summed E-state index contributed by atoms with van der Waals surface area (Å²) in [5, 5.41) is 5.29. The number of nitrogens with one attached hydrogen (secondary N) is 3. The predicted octanol–water partition coefficient (Wildman–Crippen LogP) is -0.506. The summed E-state index contributed by atoms with van der Waals surface area (Å²) in [4.78, 5) is 27.1. The van der Waals surface area contributed by atoms with Gasteiger partial charge in [-0.3, -0.25) is 14.6 Å². The first kappa shape index (κ1) is 22.6. The minimum atomic E-state index is -3.74. The number of guanidine groups is 1. The molecule has 0 bridgehead atoms. The summed E-state index contributed by atoms with van der Waals surface area (Å²) in [5.41, 5.74) is 6.14. The number of carbonyl (C=O) groups is 2. The van der Waals surface area contributed by atoms with Crippen molar-refractivity contribution in [1.29, 1.82) is 0 Å². The first-order valence-corrected chi connectivity index (χ1v) is 10.2. The van der Waals surface area contributed by atoms with Gasteiger partial charge in [0.2, 0.25) is 15.9 Å². The molecule has 0 aliphatic heterocycles. The van der Waals surface area contributed by atoms with Crippen LogP contribution in [0.5, 0.6) is 0 Å². The Labute approximate surface area is 159 Å². The van der Waals surface area contributed by atoms with Gasteiger partial charge in [-0.15, -0.1) is 0 Å². The smallest absolute Gasteiger partial charge is 0.238 e. The molecule has 0 spiro atoms. The summed E-state index contributed by atoms with van der Waals surface area (Å²) in [7, 11) is -2.20. The number of ketones is 1. The van der Waals surface area contributed by atoms with Crippen molar-refractivity contribution in [3.8, 4) is 0 Å². The van der Waals surface area contributed by atoms with Crippen molar-refractivity contribution < 1.29 is 18.0 Å². The van der Waals surface area contributed by atoms with Crippen molar-refractivity contribution >= 4 is 27.7 Å². The number of aliphatic imine (C=N–C) groups is 1. The molecule has 0 aromatic heterocycles. The Morgan fingerprint density at radius 2 is 1.85 bits per heavy atom. The van der Waals surface area contributed by atoms with Gasteiger partial charge in [-0.25, -0.2) is 13.1 Å². The van der Waals surface area contributed by atoms with E-state index in [1.165, 1.54) is 14.0 Å². The highest BCUT2D eigenvalue weighted by molar-refractivity contribution is 7.88. The number of sulfonamides is 1. The molecule has 10 heteroatoms. The van der Waals surface area contributed by atoms with Gasteiger partial charge in [-0.2, -0.15) is 0 Å². The molecule has 0 heterocycles. The number of rotatable bonds is 11. The van der Waals surface area contributed by atoms with Gasteiger partial charge >= 0.3 is 0 Å². The Hall–Kier alpha value is -2.46. The van der Waals surface area contributed by atoms with Gasteiger partial charge in [0.25, 0.3) is 0 Å². The monoisotopic (exact) mass is 397 g/mol. The summed E-state index contributed by atoms with van der Waals surface area (Å²) in [6.07, 6.45) is 0.712. The number of Topliss-reactive ketones (excluding diaryl/α,β-unsaturated/α-hetero) is 1. The van der Waals surface area contributed by atoms with E-state index in [2.05, 4.69) is 20.3 Å². The maximum atomic E-state index is 12.4. The highest BCUT2D eigenvalue weighted by atomic mass is 32.2. The molecule has 0 aliphatic carbocycles. The summed E-state index contributed by atoms with van der Waals surface area (Å²) in [5.74, 6) is -0.739. The van der Waals surface area contributed by atoms with Gasteiger partial charge in [0.1, 0.15) is 11.8 Å². The van der Waals surface area contributed by atoms with E-state index >= 15 is 0 Å². The molecule has 1 amide bonds. The maximum absolute atomic E-state index is 12.4. The number of nitrogens with two attached hydrogens (primary N) is 1. The largest absolute Gasteiger partial charge is 0.370 e. The summed E-state index contributed by atoms with van der Waals surface area (Å²) >= 11 is 0. The van der Waals surface area contributed by atoms with Crippen molar-refractivity contribution in [3.05, 3.63) is 35.9 Å². The second kappa shape index (κ2) is 11.3. The van der Waals surface area contributed by atoms with Gasteiger partial charge in [0.05, 0.1) is 12.3 Å². The molecule has 1 rings (SSSR count). The molecule has 1 aromatic carbocycles. The SMILES string of the molecule is CN=C(N)NCCCC(NS(=O)(=O)Cc1ccccc1)C(=O)NCC(C)=O. The molecule has 0 radical (unpaired) electrons. The molecule has 1 atom stereocenters. The standard InChI is InChI=1S/C17H27N5O4S/c1-13(23)11-21-16(24)15(9-6-10-20-17(18)19-2)22-27(25,26)12-14-7-4-3-5-8-14/h3-5,7-8,15,22H,6,9-12H2,1-2H3,(H,21,24)(H3,18,19,20). The minimum Gasteiger partial charge on any atom is -0.370 e. The highest BCUT2D eigenvalue weighted by Crippen LogP contribution is 2.07. The van der Waals surface area contributed by atoms with E-state index in [1.807, 2.05) is 0 Å². The second-order valence-electron chi connectivity index (χ2n) is 6.01. The molecule has 1 aromatic rings. The van der Waals surface area contributed by atoms with Crippen molar-refractivity contribution in [2.75, 3.05) is 20.1 Å². The fraction of sp³-hybridized carbons (Fsp3) is 0.471. The van der Waals surface area contributed by atoms with Crippen LogP contribution in [0.1, 0.15) is 25.3 Å². The van der Waals surface area contributed by atoms with Crippen molar-refractivity contribution in [1.82, 2.24) is 15.4 Å². The Kier molecular flexibility index (Phi) is 9.45. The number of benzene rings is 1. The minimum absolute atomic E-state index is 0.149. The Morgan fingerprint density at radius 3 is 2.44 bits per heavy atom. The molecule has 1 unspecified atom stereocenters. The van der Waals surface area contributed by atoms with Crippen molar-refractivity contribution in [3.63, 3.8) is 0 Å². The van der Waals surface area contributed by atoms with Gasteiger partial charge < -0.3 is 16.4 Å². The van der Waals surface area contributed by atoms with Crippen LogP contribution in [0, 0.1) is 0 Å². The first-order valence-electron chi connectivity index (χ1n) is 8.50. The molecule has 0 saturated carbocycles. The fourth-order valence-corrected chi connectivity index (χ4v) is 3.61. The normalized spacial score (nSPS) is 13.0. The molecule has 5 N–H and O–H groups in total. The number of hydrogen-bond donors (Lipinski definition) is 4. The maximum Gasteiger partial charge on any atom is 0.238 e. The van der Waals surface area contributed by atoms with E-state index in [0.29, 0.717) is 18.5 Å². The third kappa shape index (κ3) is 9.71. The summed E-state index contributed by atoms with van der Waals surface area (Å²) < 4.78 is 27.3. The number of hydrogen-bond acceptors (Lipinski definition) is 5. The van der Waals surface area contributed by atoms with Crippen LogP contribution in [0.3, 0.4) is 0 Å². The zero-order chi connectivity index (χ0) is 20.3. The molecular formula is C17H27N5O4S. The highest BCUT2D eigenvalue weighted by Gasteiger charge is 2.24. The average molecular weight is 398 g/mol. The first-order chi connectivity index (χ1) is 12.7. The van der Waals surface area contributed by atoms with Crippen LogP contribution in [-0.2, 0) is 25.4 Å². The molecule has 27 heavy (non-hydrogen) atoms. The summed E-state index contributed by atoms with van der Waals surface area (Å²) in [6, 6.07) is 7.68. The lowest BCUT2D eigenvalue weighted by molar-refractivity contribution is -0.125. The molecular weight excluding hydrogens is 370 g/mol. The van der Waals surface area contributed by atoms with Crippen LogP contribution in [0.2, 0.25) is 0 Å². The van der Waals surface area contributed by atoms with Gasteiger partial charge in [-0.1, -0.05) is 30.3 Å². The average Bonchev–Trinajstić information content (AvgIpc) is 2.62. The van der Waals surface area contributed by atoms with E-state index in [0.717, 1.165) is 0 Å². The van der Waals surface area contributed by atoms with Gasteiger partial charge in [-0.05, 0) is 25.3 Å². The van der Waals surface area contributed by atoms with Gasteiger partial charge in [0, 0.05) is 13.6 Å². The predicted molar refractivity (Wildman–Crippen MR) is 104 cm³/mol. The zero-order valence-corrected chi connectivity index (χ0v) is 16.4. The van der Waals surface area contributed by atoms with Gasteiger partial charge in [0.15, 0.2) is 5.96 Å². The number of amides is 1. The number of nitrogens with zero attached hydrogens (tertiary/aromatic N) is 1. The fourth-order valence-electron chi connectivity index (χ4n) is 2.23. The molecule has 0 saturated heterocycles. The molecule has 150 valence electrons. The quantitative estimate of drug-likeness (QED) is 0.225. The van der Waals surface area contributed by atoms with E-state index in [-0.39, 0.29) is 30.5 Å². The lowest BCUT2D eigenvalue weighted by Crippen LogP contribution is -2.48. The van der Waals surface area contributed by atoms with E-state index in [9.17, 15) is 18.0 Å². The topological polar surface area (TPSA) is 143 Å². The molecule has 0 fully saturated rings. The van der Waals surface area contributed by atoms with Crippen molar-refractivity contribution in [2.24, 2.45) is 10.7 Å². The lowest BCUT2D eigenvalue weighted by Gasteiger charge is -2.18. The van der Waals surface area contributed by atoms with Crippen LogP contribution < -0.4 is 21.1 Å². The van der Waals surface area contributed by atoms with E-state index in [1.54, 1.807) is 30.3 Å². The van der Waals surface area contributed by atoms with Crippen LogP contribution in [-0.4, -0.2) is 52.2 Å². The van der Waals surface area contributed by atoms with E-state index < -0.39 is 22.0 Å². The van der Waals surface area contributed by atoms with Crippen LogP contribution >= 0.6 is 0 Å². The Balaban J connectivity index is 2.73. The lowest BCUT2D eigenvalue weighted by atomic mass is 10.1. The molecule has 9 nitrogen and oxygen atoms in total. The molecule has 0 aliphatic rings. The van der Waals surface area contributed by atoms with Crippen LogP contribution in [0.4, 0.5) is 0 Å². The number of carbonyl (C=O) groups excluding carboxylic acids is 2. The Bertz CT molecular complexity index is 750. The second-order valence-corrected chi connectivity index (χ2v) is 7.77. The third-order valence-corrected chi connectivity index (χ3v) is 4.92.